The smallest absolute Gasteiger partial charge is 0.305 e. The first-order valence-electron chi connectivity index (χ1n) is 5.83. The number of aryl methyl sites for hydroxylation is 1. The molecule has 0 bridgehead atoms. The molecule has 0 N–H and O–H groups in total. The Bertz CT molecular complexity index is 490. The van der Waals surface area contributed by atoms with Crippen molar-refractivity contribution in [2.75, 3.05) is 7.11 Å². The van der Waals surface area contributed by atoms with E-state index in [9.17, 15) is 4.79 Å². The summed E-state index contributed by atoms with van der Waals surface area (Å²) in [6, 6.07) is 2.02. The zero-order valence-corrected chi connectivity index (χ0v) is 11.0. The first kappa shape index (κ1) is 12.8. The third kappa shape index (κ3) is 3.43. The van der Waals surface area contributed by atoms with E-state index in [1.807, 2.05) is 16.8 Å². The summed E-state index contributed by atoms with van der Waals surface area (Å²) in [6.07, 6.45) is 4.55. The minimum absolute atomic E-state index is 0.165. The van der Waals surface area contributed by atoms with Gasteiger partial charge in [0.15, 0.2) is 5.89 Å². The minimum Gasteiger partial charge on any atom is -0.469 e. The van der Waals surface area contributed by atoms with Gasteiger partial charge in [0.25, 0.3) is 0 Å². The van der Waals surface area contributed by atoms with E-state index in [1.54, 1.807) is 17.6 Å². The average molecular weight is 265 g/mol. The lowest BCUT2D eigenvalue weighted by molar-refractivity contribution is -0.140. The Hall–Kier alpha value is -1.62. The first-order chi connectivity index (χ1) is 8.79. The number of unbranched alkanes of at least 4 members (excludes halogenated alkanes) is 1. The van der Waals surface area contributed by atoms with Crippen molar-refractivity contribution in [2.45, 2.75) is 25.7 Å². The van der Waals surface area contributed by atoms with Crippen LogP contribution in [-0.2, 0) is 16.0 Å². The van der Waals surface area contributed by atoms with E-state index >= 15 is 0 Å². The van der Waals surface area contributed by atoms with Gasteiger partial charge >= 0.3 is 5.97 Å². The highest BCUT2D eigenvalue weighted by molar-refractivity contribution is 7.08. The summed E-state index contributed by atoms with van der Waals surface area (Å²) in [5.41, 5.74) is 1.96. The number of carbonyl (C=O) groups excluding carboxylic acids is 1. The number of rotatable bonds is 6. The number of nitrogens with zero attached hydrogens (tertiary/aromatic N) is 1. The third-order valence-electron chi connectivity index (χ3n) is 2.62. The SMILES string of the molecule is COC(=O)CCCCc1nc(-c2ccsc2)co1. The molecule has 5 heteroatoms. The quantitative estimate of drug-likeness (QED) is 0.594. The zero-order valence-electron chi connectivity index (χ0n) is 10.2. The van der Waals surface area contributed by atoms with Crippen LogP contribution >= 0.6 is 11.3 Å². The molecule has 96 valence electrons. The Balaban J connectivity index is 1.79. The third-order valence-corrected chi connectivity index (χ3v) is 3.30. The van der Waals surface area contributed by atoms with Gasteiger partial charge in [0.1, 0.15) is 12.0 Å². The molecule has 18 heavy (non-hydrogen) atoms. The number of carbonyl (C=O) groups is 1. The molecule has 0 aliphatic rings. The molecule has 0 radical (unpaired) electrons. The molecule has 0 saturated carbocycles. The van der Waals surface area contributed by atoms with Gasteiger partial charge in [0.05, 0.1) is 7.11 Å². The Labute approximate surface area is 110 Å². The summed E-state index contributed by atoms with van der Waals surface area (Å²) in [5.74, 6) is 0.558. The van der Waals surface area contributed by atoms with E-state index in [0.717, 1.165) is 36.4 Å². The largest absolute Gasteiger partial charge is 0.469 e. The van der Waals surface area contributed by atoms with Crippen LogP contribution in [0.25, 0.3) is 11.3 Å². The lowest BCUT2D eigenvalue weighted by atomic mass is 10.2. The van der Waals surface area contributed by atoms with Crippen LogP contribution in [0.5, 0.6) is 0 Å². The number of esters is 1. The maximum Gasteiger partial charge on any atom is 0.305 e. The molecule has 0 atom stereocenters. The molecule has 0 aliphatic heterocycles. The first-order valence-corrected chi connectivity index (χ1v) is 6.77. The highest BCUT2D eigenvalue weighted by atomic mass is 32.1. The van der Waals surface area contributed by atoms with Crippen LogP contribution in [0.2, 0.25) is 0 Å². The van der Waals surface area contributed by atoms with Crippen molar-refractivity contribution >= 4 is 17.3 Å². The molecule has 2 heterocycles. The summed E-state index contributed by atoms with van der Waals surface area (Å²) in [4.78, 5) is 15.3. The Morgan fingerprint density at radius 3 is 3.11 bits per heavy atom. The predicted molar refractivity (Wildman–Crippen MR) is 69.4 cm³/mol. The lowest BCUT2D eigenvalue weighted by Gasteiger charge is -1.97. The number of methoxy groups -OCH3 is 1. The standard InChI is InChI=1S/C13H15NO3S/c1-16-13(15)5-3-2-4-12-14-11(8-17-12)10-6-7-18-9-10/h6-9H,2-5H2,1H3. The Kier molecular flexibility index (Phi) is 4.52. The molecule has 2 rings (SSSR count). The van der Waals surface area contributed by atoms with Crippen LogP contribution in [0.1, 0.15) is 25.2 Å². The van der Waals surface area contributed by atoms with Gasteiger partial charge in [-0.1, -0.05) is 0 Å². The average Bonchev–Trinajstić information content (AvgIpc) is 3.04. The van der Waals surface area contributed by atoms with Gasteiger partial charge < -0.3 is 9.15 Å². The second-order valence-corrected chi connectivity index (χ2v) is 4.70. The molecule has 0 fully saturated rings. The summed E-state index contributed by atoms with van der Waals surface area (Å²) in [6.45, 7) is 0. The summed E-state index contributed by atoms with van der Waals surface area (Å²) in [7, 11) is 1.41. The van der Waals surface area contributed by atoms with Crippen LogP contribution in [0.15, 0.2) is 27.5 Å². The summed E-state index contributed by atoms with van der Waals surface area (Å²) in [5, 5.41) is 4.05. The molecule has 0 spiro atoms. The van der Waals surface area contributed by atoms with E-state index in [4.69, 9.17) is 4.42 Å². The number of hydrogen-bond donors (Lipinski definition) is 0. The van der Waals surface area contributed by atoms with Crippen LogP contribution in [0.4, 0.5) is 0 Å². The van der Waals surface area contributed by atoms with E-state index in [-0.39, 0.29) is 5.97 Å². The molecule has 0 aromatic carbocycles. The second-order valence-electron chi connectivity index (χ2n) is 3.92. The molecule has 0 amide bonds. The monoisotopic (exact) mass is 265 g/mol. The van der Waals surface area contributed by atoms with Gasteiger partial charge in [0.2, 0.25) is 0 Å². The van der Waals surface area contributed by atoms with Crippen LogP contribution in [0, 0.1) is 0 Å². The van der Waals surface area contributed by atoms with Crippen molar-refractivity contribution < 1.29 is 13.9 Å². The maximum atomic E-state index is 10.9. The molecule has 0 saturated heterocycles. The van der Waals surface area contributed by atoms with Gasteiger partial charge in [-0.2, -0.15) is 11.3 Å². The molecule has 4 nitrogen and oxygen atoms in total. The fraction of sp³-hybridized carbons (Fsp3) is 0.385. The van der Waals surface area contributed by atoms with Gasteiger partial charge in [-0.05, 0) is 24.3 Å². The van der Waals surface area contributed by atoms with Gasteiger partial charge in [-0.25, -0.2) is 4.98 Å². The van der Waals surface area contributed by atoms with Gasteiger partial charge in [-0.15, -0.1) is 0 Å². The zero-order chi connectivity index (χ0) is 12.8. The van der Waals surface area contributed by atoms with Crippen molar-refractivity contribution in [3.63, 3.8) is 0 Å². The van der Waals surface area contributed by atoms with Gasteiger partial charge in [-0.3, -0.25) is 4.79 Å². The highest BCUT2D eigenvalue weighted by Gasteiger charge is 2.07. The number of ether oxygens (including phenoxy) is 1. The van der Waals surface area contributed by atoms with Crippen molar-refractivity contribution in [3.05, 3.63) is 29.0 Å². The van der Waals surface area contributed by atoms with Crippen molar-refractivity contribution in [1.82, 2.24) is 4.98 Å². The fourth-order valence-corrected chi connectivity index (χ4v) is 2.27. The van der Waals surface area contributed by atoms with E-state index in [1.165, 1.54) is 7.11 Å². The summed E-state index contributed by atoms with van der Waals surface area (Å²) < 4.78 is 9.98. The Morgan fingerprint density at radius 1 is 1.50 bits per heavy atom. The highest BCUT2D eigenvalue weighted by Crippen LogP contribution is 2.21. The fourth-order valence-electron chi connectivity index (χ4n) is 1.62. The molecule has 2 aromatic rings. The molecule has 2 aromatic heterocycles. The molecular formula is C13H15NO3S. The number of aromatic nitrogens is 1. The molecule has 0 aliphatic carbocycles. The van der Waals surface area contributed by atoms with E-state index in [0.29, 0.717) is 6.42 Å². The minimum atomic E-state index is -0.165. The summed E-state index contributed by atoms with van der Waals surface area (Å²) >= 11 is 1.64. The number of oxazole rings is 1. The lowest BCUT2D eigenvalue weighted by Crippen LogP contribution is -1.99. The second kappa shape index (κ2) is 6.35. The number of hydrogen-bond acceptors (Lipinski definition) is 5. The van der Waals surface area contributed by atoms with E-state index < -0.39 is 0 Å². The topological polar surface area (TPSA) is 52.3 Å². The van der Waals surface area contributed by atoms with Crippen molar-refractivity contribution in [2.24, 2.45) is 0 Å². The predicted octanol–water partition coefficient (Wildman–Crippen LogP) is 3.29. The van der Waals surface area contributed by atoms with Crippen molar-refractivity contribution in [3.8, 4) is 11.3 Å². The van der Waals surface area contributed by atoms with Crippen LogP contribution in [-0.4, -0.2) is 18.1 Å². The van der Waals surface area contributed by atoms with E-state index in [2.05, 4.69) is 9.72 Å². The van der Waals surface area contributed by atoms with Crippen LogP contribution < -0.4 is 0 Å². The normalized spacial score (nSPS) is 10.5. The number of thiophene rings is 1. The Morgan fingerprint density at radius 2 is 2.39 bits per heavy atom. The molecular weight excluding hydrogens is 250 g/mol. The molecule has 0 unspecified atom stereocenters. The van der Waals surface area contributed by atoms with Gasteiger partial charge in [0, 0.05) is 23.8 Å². The van der Waals surface area contributed by atoms with Crippen molar-refractivity contribution in [1.29, 1.82) is 0 Å². The maximum absolute atomic E-state index is 10.9. The van der Waals surface area contributed by atoms with Crippen LogP contribution in [0.3, 0.4) is 0 Å².